The van der Waals surface area contributed by atoms with E-state index < -0.39 is 0 Å². The molecule has 8 heteroatoms. The predicted octanol–water partition coefficient (Wildman–Crippen LogP) is 1.80. The van der Waals surface area contributed by atoms with Crippen LogP contribution in [0.2, 0.25) is 0 Å². The fourth-order valence-corrected chi connectivity index (χ4v) is 3.80. The average molecular weight is 385 g/mol. The maximum absolute atomic E-state index is 12.4. The van der Waals surface area contributed by atoms with Crippen LogP contribution in [-0.4, -0.2) is 60.5 Å². The molecule has 4 rings (SSSR count). The Morgan fingerprint density at radius 1 is 1.19 bits per heavy atom. The Morgan fingerprint density at radius 2 is 2.00 bits per heavy atom. The summed E-state index contributed by atoms with van der Waals surface area (Å²) in [6.07, 6.45) is 3.93. The van der Waals surface area contributed by atoms with Crippen molar-refractivity contribution >= 4 is 34.0 Å². The third-order valence-electron chi connectivity index (χ3n) is 4.75. The van der Waals surface area contributed by atoms with Gasteiger partial charge < -0.3 is 15.5 Å². The normalized spacial score (nSPS) is 17.6. The maximum atomic E-state index is 12.4. The highest BCUT2D eigenvalue weighted by molar-refractivity contribution is 7.13. The van der Waals surface area contributed by atoms with Crippen molar-refractivity contribution in [2.75, 3.05) is 42.9 Å². The van der Waals surface area contributed by atoms with Gasteiger partial charge in [-0.1, -0.05) is 6.07 Å². The molecule has 2 aromatic rings. The topological polar surface area (TPSA) is 77.6 Å². The summed E-state index contributed by atoms with van der Waals surface area (Å²) in [7, 11) is 0. The van der Waals surface area contributed by atoms with Crippen LogP contribution in [0.3, 0.4) is 0 Å². The molecule has 7 nitrogen and oxygen atoms in total. The summed E-state index contributed by atoms with van der Waals surface area (Å²) in [5.41, 5.74) is 1.24. The Hall–Kier alpha value is -2.45. The van der Waals surface area contributed by atoms with Crippen LogP contribution in [-0.2, 0) is 4.79 Å². The van der Waals surface area contributed by atoms with Crippen molar-refractivity contribution in [3.63, 3.8) is 0 Å². The van der Waals surface area contributed by atoms with Crippen LogP contribution < -0.4 is 15.5 Å². The Morgan fingerprint density at radius 3 is 2.70 bits per heavy atom. The molecule has 2 aliphatic rings. The highest BCUT2D eigenvalue weighted by Gasteiger charge is 2.24. The van der Waals surface area contributed by atoms with Gasteiger partial charge in [-0.2, -0.15) is 0 Å². The van der Waals surface area contributed by atoms with Gasteiger partial charge in [0.2, 0.25) is 5.91 Å². The highest BCUT2D eigenvalue weighted by atomic mass is 32.1. The van der Waals surface area contributed by atoms with E-state index in [4.69, 9.17) is 0 Å². The number of carbonyl (C=O) groups excluding carboxylic acids is 2. The van der Waals surface area contributed by atoms with E-state index in [1.807, 2.05) is 17.6 Å². The van der Waals surface area contributed by atoms with Gasteiger partial charge in [0.15, 0.2) is 5.13 Å². The van der Waals surface area contributed by atoms with E-state index >= 15 is 0 Å². The lowest BCUT2D eigenvalue weighted by Gasteiger charge is -2.34. The molecule has 1 aliphatic heterocycles. The Bertz CT molecular complexity index is 798. The molecule has 2 N–H and O–H groups in total. The van der Waals surface area contributed by atoms with Gasteiger partial charge in [0.25, 0.3) is 5.91 Å². The summed E-state index contributed by atoms with van der Waals surface area (Å²) in [6.45, 7) is 3.76. The molecule has 2 amide bonds. The van der Waals surface area contributed by atoms with Crippen molar-refractivity contribution in [2.45, 2.75) is 18.9 Å². The molecule has 27 heavy (non-hydrogen) atoms. The minimum absolute atomic E-state index is 0.0579. The van der Waals surface area contributed by atoms with Gasteiger partial charge in [-0.25, -0.2) is 4.98 Å². The Balaban J connectivity index is 1.26. The van der Waals surface area contributed by atoms with E-state index in [2.05, 4.69) is 25.4 Å². The fourth-order valence-electron chi connectivity index (χ4n) is 3.11. The van der Waals surface area contributed by atoms with E-state index in [9.17, 15) is 9.59 Å². The second-order valence-corrected chi connectivity index (χ2v) is 7.83. The number of nitrogens with one attached hydrogen (secondary N) is 2. The molecule has 2 fully saturated rings. The van der Waals surface area contributed by atoms with Crippen molar-refractivity contribution in [1.29, 1.82) is 0 Å². The van der Waals surface area contributed by atoms with Gasteiger partial charge in [-0.3, -0.25) is 14.5 Å². The van der Waals surface area contributed by atoms with Crippen LogP contribution in [0.1, 0.15) is 23.2 Å². The molecule has 0 radical (unpaired) electrons. The number of hydrogen-bond donors (Lipinski definition) is 2. The fraction of sp³-hybridized carbons (Fsp3) is 0.421. The Kier molecular flexibility index (Phi) is 5.35. The van der Waals surface area contributed by atoms with E-state index in [0.29, 0.717) is 23.8 Å². The van der Waals surface area contributed by atoms with Crippen molar-refractivity contribution in [3.8, 4) is 0 Å². The van der Waals surface area contributed by atoms with Crippen LogP contribution in [0.15, 0.2) is 35.8 Å². The first-order valence-corrected chi connectivity index (χ1v) is 10.1. The summed E-state index contributed by atoms with van der Waals surface area (Å²) < 4.78 is 0. The van der Waals surface area contributed by atoms with E-state index in [1.54, 1.807) is 29.5 Å². The smallest absolute Gasteiger partial charge is 0.251 e. The molecule has 2 heterocycles. The number of nitrogens with zero attached hydrogens (tertiary/aromatic N) is 3. The van der Waals surface area contributed by atoms with Gasteiger partial charge in [-0.15, -0.1) is 11.3 Å². The zero-order valence-electron chi connectivity index (χ0n) is 15.1. The van der Waals surface area contributed by atoms with Crippen molar-refractivity contribution in [2.24, 2.45) is 0 Å². The number of thiazole rings is 1. The average Bonchev–Trinajstić information content (AvgIpc) is 3.31. The second-order valence-electron chi connectivity index (χ2n) is 6.95. The number of carbonyl (C=O) groups is 2. The molecule has 0 bridgehead atoms. The summed E-state index contributed by atoms with van der Waals surface area (Å²) in [6, 6.07) is 7.43. The first-order valence-electron chi connectivity index (χ1n) is 9.25. The largest absolute Gasteiger partial charge is 0.349 e. The monoisotopic (exact) mass is 385 g/mol. The molecule has 0 unspecified atom stereocenters. The van der Waals surface area contributed by atoms with Gasteiger partial charge in [0.1, 0.15) is 0 Å². The van der Waals surface area contributed by atoms with Crippen LogP contribution in [0.25, 0.3) is 0 Å². The number of aromatic nitrogens is 1. The molecule has 1 aromatic heterocycles. The number of rotatable bonds is 6. The van der Waals surface area contributed by atoms with Gasteiger partial charge in [0, 0.05) is 55.0 Å². The van der Waals surface area contributed by atoms with Gasteiger partial charge in [-0.05, 0) is 31.0 Å². The summed E-state index contributed by atoms with van der Waals surface area (Å²) in [4.78, 5) is 33.3. The summed E-state index contributed by atoms with van der Waals surface area (Å²) in [5, 5.41) is 8.89. The maximum Gasteiger partial charge on any atom is 0.251 e. The lowest BCUT2D eigenvalue weighted by Crippen LogP contribution is -2.48. The van der Waals surface area contributed by atoms with Crippen molar-refractivity contribution in [3.05, 3.63) is 41.4 Å². The SMILES string of the molecule is O=C(CN1CCN(c2nccs2)CC1)Nc1cccc(C(=O)NC2CC2)c1. The first-order chi connectivity index (χ1) is 13.2. The molecule has 0 spiro atoms. The lowest BCUT2D eigenvalue weighted by atomic mass is 10.2. The predicted molar refractivity (Wildman–Crippen MR) is 106 cm³/mol. The summed E-state index contributed by atoms with van der Waals surface area (Å²) >= 11 is 1.64. The zero-order valence-corrected chi connectivity index (χ0v) is 15.9. The molecule has 142 valence electrons. The number of piperazine rings is 1. The molecule has 1 aliphatic carbocycles. The van der Waals surface area contributed by atoms with Crippen LogP contribution in [0.4, 0.5) is 10.8 Å². The molecular weight excluding hydrogens is 362 g/mol. The highest BCUT2D eigenvalue weighted by Crippen LogP contribution is 2.20. The third kappa shape index (κ3) is 4.84. The standard InChI is InChI=1S/C19H23N5O2S/c25-17(13-23-7-9-24(10-8-23)19-20-6-11-27-19)21-16-3-1-2-14(12-16)18(26)22-15-4-5-15/h1-3,6,11-12,15H,4-5,7-10,13H2,(H,21,25)(H,22,26). The van der Waals surface area contributed by atoms with Gasteiger partial charge in [0.05, 0.1) is 6.54 Å². The van der Waals surface area contributed by atoms with Gasteiger partial charge >= 0.3 is 0 Å². The minimum atomic E-state index is -0.0769. The molecule has 1 saturated carbocycles. The number of anilines is 2. The van der Waals surface area contributed by atoms with E-state index in [0.717, 1.165) is 44.2 Å². The zero-order chi connectivity index (χ0) is 18.6. The molecular formula is C19H23N5O2S. The minimum Gasteiger partial charge on any atom is -0.349 e. The molecule has 1 saturated heterocycles. The lowest BCUT2D eigenvalue weighted by molar-refractivity contribution is -0.117. The number of amides is 2. The van der Waals surface area contributed by atoms with Crippen LogP contribution >= 0.6 is 11.3 Å². The van der Waals surface area contributed by atoms with Crippen molar-refractivity contribution < 1.29 is 9.59 Å². The number of hydrogen-bond acceptors (Lipinski definition) is 6. The molecule has 1 aromatic carbocycles. The Labute approximate surface area is 162 Å². The van der Waals surface area contributed by atoms with Crippen molar-refractivity contribution in [1.82, 2.24) is 15.2 Å². The second kappa shape index (κ2) is 8.06. The number of benzene rings is 1. The van der Waals surface area contributed by atoms with Crippen LogP contribution in [0, 0.1) is 0 Å². The molecule has 0 atom stereocenters. The van der Waals surface area contributed by atoms with E-state index in [1.165, 1.54) is 0 Å². The third-order valence-corrected chi connectivity index (χ3v) is 5.58. The summed E-state index contributed by atoms with van der Waals surface area (Å²) in [5.74, 6) is -0.135. The first kappa shape index (κ1) is 17.9. The van der Waals surface area contributed by atoms with Crippen LogP contribution in [0.5, 0.6) is 0 Å². The quantitative estimate of drug-likeness (QED) is 0.793. The van der Waals surface area contributed by atoms with E-state index in [-0.39, 0.29) is 11.8 Å².